The lowest BCUT2D eigenvalue weighted by molar-refractivity contribution is -0.116. The van der Waals surface area contributed by atoms with Gasteiger partial charge in [0.2, 0.25) is 15.9 Å². The molecule has 0 saturated carbocycles. The van der Waals surface area contributed by atoms with Crippen LogP contribution in [0, 0.1) is 6.92 Å². The van der Waals surface area contributed by atoms with Gasteiger partial charge in [-0.25, -0.2) is 13.2 Å². The van der Waals surface area contributed by atoms with Gasteiger partial charge in [0.15, 0.2) is 0 Å². The van der Waals surface area contributed by atoms with Crippen molar-refractivity contribution in [1.82, 2.24) is 0 Å². The quantitative estimate of drug-likeness (QED) is 0.641. The molecule has 30 heavy (non-hydrogen) atoms. The van der Waals surface area contributed by atoms with Crippen molar-refractivity contribution in [3.05, 3.63) is 53.6 Å². The molecular formula is C21H26N2O6S. The monoisotopic (exact) mass is 434 g/mol. The van der Waals surface area contributed by atoms with Crippen molar-refractivity contribution in [2.45, 2.75) is 26.8 Å². The van der Waals surface area contributed by atoms with Crippen molar-refractivity contribution >= 4 is 33.3 Å². The van der Waals surface area contributed by atoms with Gasteiger partial charge in [-0.1, -0.05) is 18.2 Å². The standard InChI is InChI=1S/C21H26N2O6S/c1-6-29-21(25)16-9-7-8-10-17(16)22-20(24)15(3)23(30(5,26)27)18-13-14(2)11-12-19(18)28-4/h7-13,15H,6H2,1-5H3,(H,22,24)/t15-/m0/s1. The number of benzene rings is 2. The second kappa shape index (κ2) is 9.62. The number of carbonyl (C=O) groups is 2. The first kappa shape index (κ1) is 23.2. The number of esters is 1. The highest BCUT2D eigenvalue weighted by Gasteiger charge is 2.32. The molecule has 0 aliphatic carbocycles. The molecule has 9 heteroatoms. The van der Waals surface area contributed by atoms with E-state index in [4.69, 9.17) is 9.47 Å². The van der Waals surface area contributed by atoms with Crippen molar-refractivity contribution in [1.29, 1.82) is 0 Å². The Kier molecular flexibility index (Phi) is 7.44. The van der Waals surface area contributed by atoms with Gasteiger partial charge in [-0.15, -0.1) is 0 Å². The molecule has 0 fully saturated rings. The number of sulfonamides is 1. The third-order valence-electron chi connectivity index (χ3n) is 4.34. The van der Waals surface area contributed by atoms with E-state index in [-0.39, 0.29) is 23.5 Å². The van der Waals surface area contributed by atoms with Crippen LogP contribution < -0.4 is 14.4 Å². The fourth-order valence-corrected chi connectivity index (χ4v) is 4.14. The molecule has 8 nitrogen and oxygen atoms in total. The van der Waals surface area contributed by atoms with Gasteiger partial charge >= 0.3 is 5.97 Å². The van der Waals surface area contributed by atoms with Crippen LogP contribution >= 0.6 is 0 Å². The third-order valence-corrected chi connectivity index (χ3v) is 5.57. The molecule has 1 amide bonds. The average Bonchev–Trinajstić information content (AvgIpc) is 2.67. The Labute approximate surface area is 176 Å². The first-order chi connectivity index (χ1) is 14.1. The van der Waals surface area contributed by atoms with Gasteiger partial charge in [0.25, 0.3) is 0 Å². The molecule has 0 saturated heterocycles. The zero-order valence-corrected chi connectivity index (χ0v) is 18.4. The maximum Gasteiger partial charge on any atom is 0.340 e. The van der Waals surface area contributed by atoms with Crippen LogP contribution in [0.3, 0.4) is 0 Å². The molecule has 162 valence electrons. The van der Waals surface area contributed by atoms with Crippen LogP contribution in [0.25, 0.3) is 0 Å². The number of para-hydroxylation sites is 1. The summed E-state index contributed by atoms with van der Waals surface area (Å²) >= 11 is 0. The minimum Gasteiger partial charge on any atom is -0.495 e. The van der Waals surface area contributed by atoms with Crippen LogP contribution in [0.5, 0.6) is 5.75 Å². The number of methoxy groups -OCH3 is 1. The molecule has 0 unspecified atom stereocenters. The molecule has 0 bridgehead atoms. The van der Waals surface area contributed by atoms with Crippen molar-refractivity contribution in [3.8, 4) is 5.75 Å². The van der Waals surface area contributed by atoms with E-state index in [1.165, 1.54) is 20.1 Å². The Morgan fingerprint density at radius 3 is 2.43 bits per heavy atom. The van der Waals surface area contributed by atoms with Crippen molar-refractivity contribution in [3.63, 3.8) is 0 Å². The number of carbonyl (C=O) groups excluding carboxylic acids is 2. The predicted octanol–water partition coefficient (Wildman–Crippen LogP) is 2.97. The molecule has 0 radical (unpaired) electrons. The van der Waals surface area contributed by atoms with E-state index in [9.17, 15) is 18.0 Å². The van der Waals surface area contributed by atoms with Crippen LogP contribution in [0.15, 0.2) is 42.5 Å². The number of hydrogen-bond donors (Lipinski definition) is 1. The summed E-state index contributed by atoms with van der Waals surface area (Å²) in [6.07, 6.45) is 1.02. The molecule has 0 spiro atoms. The summed E-state index contributed by atoms with van der Waals surface area (Å²) in [4.78, 5) is 25.1. The van der Waals surface area contributed by atoms with Gasteiger partial charge in [-0.2, -0.15) is 0 Å². The fourth-order valence-electron chi connectivity index (χ4n) is 2.97. The molecule has 2 aromatic rings. The molecule has 0 aromatic heterocycles. The highest BCUT2D eigenvalue weighted by molar-refractivity contribution is 7.92. The fraction of sp³-hybridized carbons (Fsp3) is 0.333. The van der Waals surface area contributed by atoms with E-state index < -0.39 is 27.9 Å². The minimum absolute atomic E-state index is 0.180. The first-order valence-corrected chi connectivity index (χ1v) is 11.2. The van der Waals surface area contributed by atoms with E-state index in [2.05, 4.69) is 5.32 Å². The lowest BCUT2D eigenvalue weighted by Crippen LogP contribution is -2.45. The Morgan fingerprint density at radius 1 is 1.17 bits per heavy atom. The first-order valence-electron chi connectivity index (χ1n) is 9.31. The number of ether oxygens (including phenoxy) is 2. The number of nitrogens with one attached hydrogen (secondary N) is 1. The maximum absolute atomic E-state index is 13.0. The summed E-state index contributed by atoms with van der Waals surface area (Å²) in [7, 11) is -2.41. The zero-order valence-electron chi connectivity index (χ0n) is 17.6. The second-order valence-corrected chi connectivity index (χ2v) is 8.52. The van der Waals surface area contributed by atoms with Gasteiger partial charge < -0.3 is 14.8 Å². The Morgan fingerprint density at radius 2 is 1.83 bits per heavy atom. The van der Waals surface area contributed by atoms with E-state index in [1.807, 2.05) is 6.92 Å². The molecule has 1 N–H and O–H groups in total. The van der Waals surface area contributed by atoms with Crippen molar-refractivity contribution in [2.75, 3.05) is 29.6 Å². The predicted molar refractivity (Wildman–Crippen MR) is 116 cm³/mol. The number of anilines is 2. The van der Waals surface area contributed by atoms with E-state index in [0.29, 0.717) is 5.75 Å². The Bertz CT molecular complexity index is 1040. The topological polar surface area (TPSA) is 102 Å². The normalized spacial score (nSPS) is 12.0. The van der Waals surface area contributed by atoms with Gasteiger partial charge in [0.05, 0.1) is 36.9 Å². The highest BCUT2D eigenvalue weighted by Crippen LogP contribution is 2.33. The van der Waals surface area contributed by atoms with E-state index >= 15 is 0 Å². The van der Waals surface area contributed by atoms with E-state index in [1.54, 1.807) is 43.3 Å². The smallest absolute Gasteiger partial charge is 0.340 e. The number of aryl methyl sites for hydroxylation is 1. The average molecular weight is 435 g/mol. The van der Waals surface area contributed by atoms with Crippen LogP contribution in [0.1, 0.15) is 29.8 Å². The van der Waals surface area contributed by atoms with Crippen LogP contribution in [0.2, 0.25) is 0 Å². The lowest BCUT2D eigenvalue weighted by atomic mass is 10.1. The highest BCUT2D eigenvalue weighted by atomic mass is 32.2. The molecule has 2 rings (SSSR count). The molecule has 1 atom stereocenters. The van der Waals surface area contributed by atoms with Crippen molar-refractivity contribution < 1.29 is 27.5 Å². The summed E-state index contributed by atoms with van der Waals surface area (Å²) in [5.74, 6) is -0.875. The summed E-state index contributed by atoms with van der Waals surface area (Å²) in [6, 6.07) is 10.3. The number of amides is 1. The SMILES string of the molecule is CCOC(=O)c1ccccc1NC(=O)[C@H](C)N(c1cc(C)ccc1OC)S(C)(=O)=O. The maximum atomic E-state index is 13.0. The summed E-state index contributed by atoms with van der Waals surface area (Å²) in [5, 5.41) is 2.64. The van der Waals surface area contributed by atoms with Gasteiger partial charge in [-0.3, -0.25) is 9.10 Å². The summed E-state index contributed by atoms with van der Waals surface area (Å²) in [6.45, 7) is 5.14. The number of hydrogen-bond acceptors (Lipinski definition) is 6. The van der Waals surface area contributed by atoms with E-state index in [0.717, 1.165) is 16.1 Å². The van der Waals surface area contributed by atoms with Crippen LogP contribution in [-0.2, 0) is 19.6 Å². The summed E-state index contributed by atoms with van der Waals surface area (Å²) in [5.41, 5.74) is 1.47. The zero-order chi connectivity index (χ0) is 22.5. The van der Waals surface area contributed by atoms with Gasteiger partial charge in [0.1, 0.15) is 11.8 Å². The minimum atomic E-state index is -3.84. The van der Waals surface area contributed by atoms with Crippen LogP contribution in [0.4, 0.5) is 11.4 Å². The molecule has 2 aromatic carbocycles. The Hall–Kier alpha value is -3.07. The third kappa shape index (κ3) is 5.29. The van der Waals surface area contributed by atoms with Gasteiger partial charge in [-0.05, 0) is 50.6 Å². The Balaban J connectivity index is 2.42. The molecule has 0 aliphatic rings. The summed E-state index contributed by atoms with van der Waals surface area (Å²) < 4.78 is 36.5. The molecule has 0 aliphatic heterocycles. The number of rotatable bonds is 8. The molecule has 0 heterocycles. The second-order valence-electron chi connectivity index (χ2n) is 6.67. The number of nitrogens with zero attached hydrogens (tertiary/aromatic N) is 1. The largest absolute Gasteiger partial charge is 0.495 e. The van der Waals surface area contributed by atoms with Crippen LogP contribution in [-0.4, -0.2) is 46.3 Å². The molecular weight excluding hydrogens is 408 g/mol. The van der Waals surface area contributed by atoms with Crippen molar-refractivity contribution in [2.24, 2.45) is 0 Å². The van der Waals surface area contributed by atoms with Gasteiger partial charge in [0, 0.05) is 0 Å². The lowest BCUT2D eigenvalue weighted by Gasteiger charge is -2.29.